The predicted molar refractivity (Wildman–Crippen MR) is 91.8 cm³/mol. The summed E-state index contributed by atoms with van der Waals surface area (Å²) in [5.74, 6) is -0.0424. The Balaban J connectivity index is 1.75. The van der Waals surface area contributed by atoms with Gasteiger partial charge in [-0.15, -0.1) is 0 Å². The second kappa shape index (κ2) is 6.45. The second-order valence-electron chi connectivity index (χ2n) is 5.57. The van der Waals surface area contributed by atoms with E-state index in [-0.39, 0.29) is 24.1 Å². The minimum atomic E-state index is -3.23. The molecule has 1 unspecified atom stereocenters. The first-order valence-corrected chi connectivity index (χ1v) is 9.76. The van der Waals surface area contributed by atoms with Gasteiger partial charge in [0.15, 0.2) is 9.84 Å². The van der Waals surface area contributed by atoms with E-state index in [0.717, 1.165) is 10.0 Å². The van der Waals surface area contributed by atoms with E-state index in [0.29, 0.717) is 16.9 Å². The summed E-state index contributed by atoms with van der Waals surface area (Å²) in [5, 5.41) is 2.96. The summed E-state index contributed by atoms with van der Waals surface area (Å²) in [7, 11) is -3.23. The molecule has 0 fully saturated rings. The van der Waals surface area contributed by atoms with Gasteiger partial charge >= 0.3 is 0 Å². The molecule has 0 radical (unpaired) electrons. The first kappa shape index (κ1) is 16.2. The number of amides is 1. The number of carbonyl (C=O) groups is 1. The molecule has 0 spiro atoms. The van der Waals surface area contributed by atoms with Gasteiger partial charge in [-0.3, -0.25) is 4.79 Å². The van der Waals surface area contributed by atoms with Crippen molar-refractivity contribution in [1.82, 2.24) is 5.32 Å². The Morgan fingerprint density at radius 1 is 1.13 bits per heavy atom. The van der Waals surface area contributed by atoms with Crippen molar-refractivity contribution in [3.05, 3.63) is 64.1 Å². The van der Waals surface area contributed by atoms with Gasteiger partial charge in [0.25, 0.3) is 0 Å². The minimum Gasteiger partial charge on any atom is -0.349 e. The third-order valence-corrected chi connectivity index (χ3v) is 6.26. The molecular formula is C17H16BrNO3S. The molecule has 0 saturated carbocycles. The molecule has 1 atom stereocenters. The van der Waals surface area contributed by atoms with E-state index < -0.39 is 9.84 Å². The van der Waals surface area contributed by atoms with Crippen molar-refractivity contribution < 1.29 is 13.2 Å². The van der Waals surface area contributed by atoms with Crippen LogP contribution in [0.25, 0.3) is 0 Å². The van der Waals surface area contributed by atoms with E-state index in [2.05, 4.69) is 21.2 Å². The molecule has 1 N–H and O–H groups in total. The molecule has 0 aliphatic carbocycles. The number of halogens is 1. The molecule has 3 rings (SSSR count). The Morgan fingerprint density at radius 2 is 1.83 bits per heavy atom. The molecule has 0 saturated heterocycles. The highest BCUT2D eigenvalue weighted by atomic mass is 79.9. The molecule has 1 aliphatic rings. The summed E-state index contributed by atoms with van der Waals surface area (Å²) < 4.78 is 25.2. The molecule has 6 heteroatoms. The van der Waals surface area contributed by atoms with Crippen molar-refractivity contribution >= 4 is 31.7 Å². The Hall–Kier alpha value is -1.66. The molecule has 1 heterocycles. The Kier molecular flexibility index (Phi) is 4.55. The lowest BCUT2D eigenvalue weighted by atomic mass is 10.0. The quantitative estimate of drug-likeness (QED) is 0.871. The molecule has 120 valence electrons. The topological polar surface area (TPSA) is 63.2 Å². The summed E-state index contributed by atoms with van der Waals surface area (Å²) in [4.78, 5) is 12.6. The number of hydrogen-bond donors (Lipinski definition) is 1. The molecular weight excluding hydrogens is 378 g/mol. The summed E-state index contributed by atoms with van der Waals surface area (Å²) in [6, 6.07) is 14.2. The number of sulfone groups is 1. The van der Waals surface area contributed by atoms with Gasteiger partial charge < -0.3 is 5.32 Å². The predicted octanol–water partition coefficient (Wildman–Crippen LogP) is 3.03. The zero-order chi connectivity index (χ0) is 16.4. The number of carbonyl (C=O) groups excluding carboxylic acids is 1. The summed E-state index contributed by atoms with van der Waals surface area (Å²) in [6.07, 6.45) is 0.685. The van der Waals surface area contributed by atoms with Crippen molar-refractivity contribution in [3.63, 3.8) is 0 Å². The van der Waals surface area contributed by atoms with Gasteiger partial charge in [0, 0.05) is 4.47 Å². The molecule has 2 aromatic carbocycles. The van der Waals surface area contributed by atoms with Gasteiger partial charge in [-0.25, -0.2) is 8.42 Å². The third kappa shape index (κ3) is 3.64. The van der Waals surface area contributed by atoms with Crippen LogP contribution in [0, 0.1) is 0 Å². The largest absolute Gasteiger partial charge is 0.349 e. The van der Waals surface area contributed by atoms with Crippen LogP contribution in [0.1, 0.15) is 23.6 Å². The number of fused-ring (bicyclic) bond motifs is 1. The Labute approximate surface area is 144 Å². The van der Waals surface area contributed by atoms with Crippen LogP contribution in [-0.4, -0.2) is 20.1 Å². The lowest BCUT2D eigenvalue weighted by Gasteiger charge is -2.26. The molecule has 1 aliphatic heterocycles. The Morgan fingerprint density at radius 3 is 2.57 bits per heavy atom. The lowest BCUT2D eigenvalue weighted by molar-refractivity contribution is -0.121. The summed E-state index contributed by atoms with van der Waals surface area (Å²) in [5.41, 5.74) is 1.60. The Bertz CT molecular complexity index is 831. The number of benzene rings is 2. The van der Waals surface area contributed by atoms with Crippen LogP contribution in [0.15, 0.2) is 57.9 Å². The van der Waals surface area contributed by atoms with Crippen LogP contribution >= 0.6 is 15.9 Å². The van der Waals surface area contributed by atoms with Crippen molar-refractivity contribution in [2.75, 3.05) is 5.75 Å². The highest BCUT2D eigenvalue weighted by Gasteiger charge is 2.30. The maximum absolute atomic E-state index is 12.3. The van der Waals surface area contributed by atoms with Crippen LogP contribution in [0.5, 0.6) is 0 Å². The SMILES string of the molecule is O=C(Cc1ccc(Br)cc1)NC1CCS(=O)(=O)c2ccccc21. The van der Waals surface area contributed by atoms with Crippen LogP contribution in [0.3, 0.4) is 0 Å². The maximum atomic E-state index is 12.3. The average molecular weight is 394 g/mol. The molecule has 2 aromatic rings. The van der Waals surface area contributed by atoms with Gasteiger partial charge in [0.05, 0.1) is 23.1 Å². The minimum absolute atomic E-state index is 0.0627. The second-order valence-corrected chi connectivity index (χ2v) is 8.56. The van der Waals surface area contributed by atoms with Gasteiger partial charge in [-0.05, 0) is 35.7 Å². The smallest absolute Gasteiger partial charge is 0.224 e. The van der Waals surface area contributed by atoms with Gasteiger partial charge in [-0.1, -0.05) is 46.3 Å². The van der Waals surface area contributed by atoms with E-state index in [1.807, 2.05) is 24.3 Å². The van der Waals surface area contributed by atoms with Crippen molar-refractivity contribution in [2.45, 2.75) is 23.8 Å². The first-order chi connectivity index (χ1) is 11.0. The van der Waals surface area contributed by atoms with E-state index in [9.17, 15) is 13.2 Å². The van der Waals surface area contributed by atoms with E-state index in [1.54, 1.807) is 24.3 Å². The van der Waals surface area contributed by atoms with Gasteiger partial charge in [0.1, 0.15) is 0 Å². The fourth-order valence-electron chi connectivity index (χ4n) is 2.77. The molecule has 1 amide bonds. The van der Waals surface area contributed by atoms with E-state index >= 15 is 0 Å². The fraction of sp³-hybridized carbons (Fsp3) is 0.235. The zero-order valence-electron chi connectivity index (χ0n) is 12.3. The average Bonchev–Trinajstić information content (AvgIpc) is 2.53. The summed E-state index contributed by atoms with van der Waals surface area (Å²) in [6.45, 7) is 0. The van der Waals surface area contributed by atoms with E-state index in [1.165, 1.54) is 0 Å². The van der Waals surface area contributed by atoms with Crippen LogP contribution in [-0.2, 0) is 21.1 Å². The molecule has 4 nitrogen and oxygen atoms in total. The monoisotopic (exact) mass is 393 g/mol. The summed E-state index contributed by atoms with van der Waals surface area (Å²) >= 11 is 3.36. The highest BCUT2D eigenvalue weighted by molar-refractivity contribution is 9.10. The van der Waals surface area contributed by atoms with Crippen molar-refractivity contribution in [1.29, 1.82) is 0 Å². The standard InChI is InChI=1S/C17H16BrNO3S/c18-13-7-5-12(6-8-13)11-17(20)19-15-9-10-23(21,22)16-4-2-1-3-14(15)16/h1-8,15H,9-11H2,(H,19,20). The van der Waals surface area contributed by atoms with Crippen molar-refractivity contribution in [3.8, 4) is 0 Å². The van der Waals surface area contributed by atoms with Crippen molar-refractivity contribution in [2.24, 2.45) is 0 Å². The fourth-order valence-corrected chi connectivity index (χ4v) is 4.66. The van der Waals surface area contributed by atoms with E-state index in [4.69, 9.17) is 0 Å². The lowest BCUT2D eigenvalue weighted by Crippen LogP contribution is -2.34. The number of rotatable bonds is 3. The highest BCUT2D eigenvalue weighted by Crippen LogP contribution is 2.31. The normalized spacial score (nSPS) is 18.9. The van der Waals surface area contributed by atoms with Crippen LogP contribution in [0.2, 0.25) is 0 Å². The van der Waals surface area contributed by atoms with Crippen LogP contribution < -0.4 is 5.32 Å². The molecule has 0 aromatic heterocycles. The van der Waals surface area contributed by atoms with Crippen LogP contribution in [0.4, 0.5) is 0 Å². The van der Waals surface area contributed by atoms with Gasteiger partial charge in [0.2, 0.25) is 5.91 Å². The zero-order valence-corrected chi connectivity index (χ0v) is 14.7. The number of nitrogens with one attached hydrogen (secondary N) is 1. The first-order valence-electron chi connectivity index (χ1n) is 7.31. The molecule has 23 heavy (non-hydrogen) atoms. The number of hydrogen-bond acceptors (Lipinski definition) is 3. The third-order valence-electron chi connectivity index (χ3n) is 3.92. The van der Waals surface area contributed by atoms with Gasteiger partial charge in [-0.2, -0.15) is 0 Å². The maximum Gasteiger partial charge on any atom is 0.224 e. The molecule has 0 bridgehead atoms.